The fraction of sp³-hybridized carbons (Fsp3) is 0.615. The van der Waals surface area contributed by atoms with Gasteiger partial charge in [0, 0.05) is 4.91 Å². The Bertz CT molecular complexity index is 881. The number of azide groups is 1. The second-order valence-corrected chi connectivity index (χ2v) is 6.29. The van der Waals surface area contributed by atoms with Crippen LogP contribution < -0.4 is 5.73 Å². The number of fused-ring (bicyclic) bond motifs is 2. The van der Waals surface area contributed by atoms with E-state index in [4.69, 9.17) is 25.5 Å². The Morgan fingerprint density at radius 2 is 2.16 bits per heavy atom. The van der Waals surface area contributed by atoms with Crippen LogP contribution in [-0.4, -0.2) is 49.9 Å². The molecule has 2 aliphatic heterocycles. The molecule has 132 valence electrons. The summed E-state index contributed by atoms with van der Waals surface area (Å²) < 4.78 is 33.9. The second-order valence-electron chi connectivity index (χ2n) is 6.29. The predicted octanol–water partition coefficient (Wildman–Crippen LogP) is 1.43. The normalized spacial score (nSPS) is 33.3. The summed E-state index contributed by atoms with van der Waals surface area (Å²) in [6, 6.07) is 0. The van der Waals surface area contributed by atoms with Gasteiger partial charge in [0.05, 0.1) is 12.9 Å². The highest BCUT2D eigenvalue weighted by Crippen LogP contribution is 2.49. The highest BCUT2D eigenvalue weighted by atomic mass is 19.2. The molecule has 0 bridgehead atoms. The van der Waals surface area contributed by atoms with E-state index in [1.807, 2.05) is 0 Å². The fourth-order valence-electron chi connectivity index (χ4n) is 3.19. The van der Waals surface area contributed by atoms with Gasteiger partial charge in [-0.1, -0.05) is 5.11 Å². The Balaban J connectivity index is 1.78. The summed E-state index contributed by atoms with van der Waals surface area (Å²) in [4.78, 5) is 14.8. The van der Waals surface area contributed by atoms with Crippen molar-refractivity contribution < 1.29 is 18.6 Å². The lowest BCUT2D eigenvalue weighted by Crippen LogP contribution is -2.41. The van der Waals surface area contributed by atoms with Crippen LogP contribution in [0.4, 0.5) is 10.2 Å². The monoisotopic (exact) mass is 350 g/mol. The van der Waals surface area contributed by atoms with Crippen LogP contribution in [0.5, 0.6) is 0 Å². The maximum Gasteiger partial charge on any atom is 0.246 e. The summed E-state index contributed by atoms with van der Waals surface area (Å²) in [5.74, 6) is -3.16. The van der Waals surface area contributed by atoms with Gasteiger partial charge in [-0.3, -0.25) is 4.57 Å². The molecule has 2 aromatic heterocycles. The van der Waals surface area contributed by atoms with E-state index in [2.05, 4.69) is 25.0 Å². The minimum absolute atomic E-state index is 0.197. The maximum absolute atomic E-state index is 15.3. The minimum atomic E-state index is -2.34. The molecular formula is C13H15FN8O3. The van der Waals surface area contributed by atoms with E-state index in [1.165, 1.54) is 17.2 Å². The third-order valence-corrected chi connectivity index (χ3v) is 4.16. The molecule has 2 N–H and O–H groups in total. The van der Waals surface area contributed by atoms with Crippen LogP contribution in [0.3, 0.4) is 0 Å². The summed E-state index contributed by atoms with van der Waals surface area (Å²) in [6.45, 7) is 2.79. The van der Waals surface area contributed by atoms with Crippen LogP contribution in [0, 0.1) is 0 Å². The molecule has 2 aliphatic rings. The Morgan fingerprint density at radius 3 is 2.92 bits per heavy atom. The SMILES string of the molecule is CC1(C)O[C@H]2[C@H](n3cnc4c(N)ncnc43)O[C@@](F)(CN=[N+]=[N-])[C@H]2O1. The van der Waals surface area contributed by atoms with Gasteiger partial charge in [0.15, 0.2) is 29.6 Å². The maximum atomic E-state index is 15.3. The number of rotatable bonds is 3. The number of imidazole rings is 1. The first-order chi connectivity index (χ1) is 11.8. The molecule has 2 fully saturated rings. The van der Waals surface area contributed by atoms with E-state index < -0.39 is 36.6 Å². The molecule has 0 spiro atoms. The van der Waals surface area contributed by atoms with Crippen molar-refractivity contribution in [1.29, 1.82) is 0 Å². The lowest BCUT2D eigenvalue weighted by Gasteiger charge is -2.27. The molecule has 2 saturated heterocycles. The fourth-order valence-corrected chi connectivity index (χ4v) is 3.19. The van der Waals surface area contributed by atoms with Gasteiger partial charge in [-0.15, -0.1) is 0 Å². The molecule has 4 heterocycles. The van der Waals surface area contributed by atoms with Gasteiger partial charge in [-0.05, 0) is 19.4 Å². The van der Waals surface area contributed by atoms with Crippen LogP contribution in [0.25, 0.3) is 21.6 Å². The number of nitrogen functional groups attached to an aromatic ring is 1. The zero-order valence-electron chi connectivity index (χ0n) is 13.4. The third kappa shape index (κ3) is 2.38. The molecule has 0 aliphatic carbocycles. The van der Waals surface area contributed by atoms with Crippen molar-refractivity contribution in [2.45, 2.75) is 43.9 Å². The summed E-state index contributed by atoms with van der Waals surface area (Å²) >= 11 is 0. The number of ether oxygens (including phenoxy) is 3. The van der Waals surface area contributed by atoms with E-state index >= 15 is 4.39 Å². The molecule has 0 aromatic carbocycles. The van der Waals surface area contributed by atoms with E-state index in [0.29, 0.717) is 11.2 Å². The van der Waals surface area contributed by atoms with Gasteiger partial charge in [-0.2, -0.15) is 0 Å². The first-order valence-electron chi connectivity index (χ1n) is 7.51. The highest BCUT2D eigenvalue weighted by Gasteiger charge is 2.64. The van der Waals surface area contributed by atoms with Gasteiger partial charge in [0.1, 0.15) is 17.9 Å². The number of nitrogens with zero attached hydrogens (tertiary/aromatic N) is 7. The number of halogens is 1. The third-order valence-electron chi connectivity index (χ3n) is 4.16. The number of alkyl halides is 1. The topological polar surface area (TPSA) is 146 Å². The smallest absolute Gasteiger partial charge is 0.246 e. The lowest BCUT2D eigenvalue weighted by atomic mass is 10.1. The average molecular weight is 350 g/mol. The summed E-state index contributed by atoms with van der Waals surface area (Å²) in [5, 5.41) is 3.30. The summed E-state index contributed by atoms with van der Waals surface area (Å²) in [7, 11) is 0. The Hall–Kier alpha value is -2.53. The molecule has 0 unspecified atom stereocenters. The van der Waals surface area contributed by atoms with Crippen LogP contribution in [-0.2, 0) is 14.2 Å². The zero-order valence-corrected chi connectivity index (χ0v) is 13.4. The van der Waals surface area contributed by atoms with Crippen LogP contribution >= 0.6 is 0 Å². The first-order valence-corrected chi connectivity index (χ1v) is 7.51. The van der Waals surface area contributed by atoms with Crippen molar-refractivity contribution in [3.63, 3.8) is 0 Å². The number of nitrogens with two attached hydrogens (primary N) is 1. The van der Waals surface area contributed by atoms with Crippen molar-refractivity contribution >= 4 is 17.0 Å². The lowest BCUT2D eigenvalue weighted by molar-refractivity contribution is -0.251. The van der Waals surface area contributed by atoms with Gasteiger partial charge in [-0.25, -0.2) is 19.3 Å². The molecule has 0 amide bonds. The number of anilines is 1. The predicted molar refractivity (Wildman–Crippen MR) is 81.5 cm³/mol. The quantitative estimate of drug-likeness (QED) is 0.500. The molecule has 11 nitrogen and oxygen atoms in total. The van der Waals surface area contributed by atoms with Gasteiger partial charge in [0.25, 0.3) is 0 Å². The molecule has 0 radical (unpaired) electrons. The van der Waals surface area contributed by atoms with E-state index in [0.717, 1.165) is 0 Å². The van der Waals surface area contributed by atoms with Crippen molar-refractivity contribution in [2.24, 2.45) is 5.11 Å². The summed E-state index contributed by atoms with van der Waals surface area (Å²) in [6.07, 6.45) is -0.0890. The Kier molecular flexibility index (Phi) is 3.34. The molecular weight excluding hydrogens is 335 g/mol. The molecule has 25 heavy (non-hydrogen) atoms. The Morgan fingerprint density at radius 1 is 1.36 bits per heavy atom. The van der Waals surface area contributed by atoms with Crippen molar-refractivity contribution in [1.82, 2.24) is 19.5 Å². The van der Waals surface area contributed by atoms with Crippen LogP contribution in [0.2, 0.25) is 0 Å². The molecule has 4 rings (SSSR count). The standard InChI is InChI=1S/C13H15FN8O3/c1-12(2)23-7-8(24-12)13(14,3-20-21-16)25-11(7)22-5-19-6-9(15)17-4-18-10(6)22/h4-5,7-8,11H,3H2,1-2H3,(H2,15,17,18)/t7-,8+,11-,13+/m1/s1. The highest BCUT2D eigenvalue weighted by molar-refractivity contribution is 5.81. The summed E-state index contributed by atoms with van der Waals surface area (Å²) in [5.41, 5.74) is 15.0. The van der Waals surface area contributed by atoms with E-state index in [1.54, 1.807) is 13.8 Å². The van der Waals surface area contributed by atoms with Gasteiger partial charge >= 0.3 is 0 Å². The molecule has 12 heteroatoms. The largest absolute Gasteiger partial charge is 0.382 e. The van der Waals surface area contributed by atoms with Gasteiger partial charge in [0.2, 0.25) is 5.85 Å². The minimum Gasteiger partial charge on any atom is -0.382 e. The number of hydrogen-bond acceptors (Lipinski definition) is 8. The second kappa shape index (κ2) is 5.23. The van der Waals surface area contributed by atoms with E-state index in [-0.39, 0.29) is 5.82 Å². The first kappa shape index (κ1) is 16.0. The molecule has 0 saturated carbocycles. The zero-order chi connectivity index (χ0) is 17.8. The van der Waals surface area contributed by atoms with E-state index in [9.17, 15) is 0 Å². The van der Waals surface area contributed by atoms with Crippen molar-refractivity contribution in [3.05, 3.63) is 23.1 Å². The van der Waals surface area contributed by atoms with Crippen molar-refractivity contribution in [3.8, 4) is 0 Å². The Labute approximate surface area is 140 Å². The molecule has 2 aromatic rings. The van der Waals surface area contributed by atoms with Gasteiger partial charge < -0.3 is 19.9 Å². The number of aromatic nitrogens is 4. The molecule has 4 atom stereocenters. The van der Waals surface area contributed by atoms with Crippen LogP contribution in [0.15, 0.2) is 17.8 Å². The number of hydrogen-bond donors (Lipinski definition) is 1. The average Bonchev–Trinajstić information content (AvgIpc) is 3.19. The van der Waals surface area contributed by atoms with Crippen molar-refractivity contribution in [2.75, 3.05) is 12.3 Å². The van der Waals surface area contributed by atoms with Crippen LogP contribution in [0.1, 0.15) is 20.1 Å².